The molecule has 8 heteroatoms. The van der Waals surface area contributed by atoms with Gasteiger partial charge in [-0.15, -0.1) is 0 Å². The van der Waals surface area contributed by atoms with Crippen LogP contribution in [0.15, 0.2) is 42.7 Å². The van der Waals surface area contributed by atoms with Crippen molar-refractivity contribution < 1.29 is 13.2 Å². The zero-order valence-corrected chi connectivity index (χ0v) is 14.6. The van der Waals surface area contributed by atoms with Crippen LogP contribution in [0.4, 0.5) is 13.2 Å². The van der Waals surface area contributed by atoms with Crippen molar-refractivity contribution in [1.82, 2.24) is 25.3 Å². The van der Waals surface area contributed by atoms with Crippen LogP contribution in [-0.4, -0.2) is 38.4 Å². The molecule has 0 radical (unpaired) electrons. The first kappa shape index (κ1) is 17.8. The molecule has 0 unspecified atom stereocenters. The summed E-state index contributed by atoms with van der Waals surface area (Å²) in [6.45, 7) is 2.60. The van der Waals surface area contributed by atoms with Crippen molar-refractivity contribution in [2.24, 2.45) is 0 Å². The number of aromatic amines is 2. The Bertz CT molecular complexity index is 885. The molecule has 0 amide bonds. The number of nitrogens with zero attached hydrogens (tertiary/aromatic N) is 3. The summed E-state index contributed by atoms with van der Waals surface area (Å²) < 4.78 is 39.2. The van der Waals surface area contributed by atoms with Crippen LogP contribution in [-0.2, 0) is 12.7 Å². The SMILES string of the molecule is FC(F)(F)c1cccc(-c2cn[nH]c2[C@@H]2CCCN(Cc3ccn[nH]3)C2)c1. The number of aromatic nitrogens is 4. The second kappa shape index (κ2) is 7.19. The molecule has 27 heavy (non-hydrogen) atoms. The van der Waals surface area contributed by atoms with E-state index < -0.39 is 11.7 Å². The third kappa shape index (κ3) is 3.90. The van der Waals surface area contributed by atoms with Gasteiger partial charge in [-0.2, -0.15) is 23.4 Å². The summed E-state index contributed by atoms with van der Waals surface area (Å²) in [6, 6.07) is 7.39. The smallest absolute Gasteiger partial charge is 0.297 e. The van der Waals surface area contributed by atoms with Crippen LogP contribution in [0.1, 0.15) is 35.7 Å². The van der Waals surface area contributed by atoms with Crippen molar-refractivity contribution in [2.45, 2.75) is 31.5 Å². The Labute approximate surface area is 154 Å². The summed E-state index contributed by atoms with van der Waals surface area (Å²) >= 11 is 0. The third-order valence-electron chi connectivity index (χ3n) is 5.04. The Morgan fingerprint density at radius 2 is 2.04 bits per heavy atom. The van der Waals surface area contributed by atoms with E-state index in [-0.39, 0.29) is 5.92 Å². The summed E-state index contributed by atoms with van der Waals surface area (Å²) in [7, 11) is 0. The first-order valence-electron chi connectivity index (χ1n) is 8.92. The number of piperidine rings is 1. The standard InChI is InChI=1S/C19H20F3N5/c20-19(21,22)15-5-1-3-13(9-15)17-10-24-26-18(17)14-4-2-8-27(11-14)12-16-6-7-23-25-16/h1,3,5-7,9-10,14H,2,4,8,11-12H2,(H,23,25)(H,24,26)/t14-/m1/s1. The van der Waals surface area contributed by atoms with E-state index >= 15 is 0 Å². The van der Waals surface area contributed by atoms with Crippen molar-refractivity contribution in [3.63, 3.8) is 0 Å². The van der Waals surface area contributed by atoms with Crippen LogP contribution in [0.25, 0.3) is 11.1 Å². The largest absolute Gasteiger partial charge is 0.416 e. The molecule has 2 aromatic heterocycles. The summed E-state index contributed by atoms with van der Waals surface area (Å²) in [6.07, 6.45) is 1.01. The molecule has 3 aromatic rings. The van der Waals surface area contributed by atoms with E-state index in [9.17, 15) is 13.2 Å². The first-order valence-corrected chi connectivity index (χ1v) is 8.92. The highest BCUT2D eigenvalue weighted by Gasteiger charge is 2.31. The van der Waals surface area contributed by atoms with Gasteiger partial charge < -0.3 is 0 Å². The highest BCUT2D eigenvalue weighted by molar-refractivity contribution is 5.66. The minimum absolute atomic E-state index is 0.203. The van der Waals surface area contributed by atoms with Crippen LogP contribution in [0.2, 0.25) is 0 Å². The van der Waals surface area contributed by atoms with Crippen LogP contribution in [0.3, 0.4) is 0 Å². The lowest BCUT2D eigenvalue weighted by molar-refractivity contribution is -0.137. The number of rotatable bonds is 4. The maximum absolute atomic E-state index is 13.1. The second-order valence-corrected chi connectivity index (χ2v) is 6.93. The topological polar surface area (TPSA) is 60.6 Å². The molecular weight excluding hydrogens is 355 g/mol. The molecule has 1 aliphatic rings. The normalized spacial score (nSPS) is 18.7. The van der Waals surface area contributed by atoms with Gasteiger partial charge in [0.15, 0.2) is 0 Å². The quantitative estimate of drug-likeness (QED) is 0.719. The van der Waals surface area contributed by atoms with Crippen molar-refractivity contribution in [3.8, 4) is 11.1 Å². The van der Waals surface area contributed by atoms with Gasteiger partial charge in [-0.3, -0.25) is 15.1 Å². The third-order valence-corrected chi connectivity index (χ3v) is 5.04. The van der Waals surface area contributed by atoms with Gasteiger partial charge in [-0.1, -0.05) is 12.1 Å². The number of H-pyrrole nitrogens is 2. The fourth-order valence-corrected chi connectivity index (χ4v) is 3.75. The Morgan fingerprint density at radius 3 is 2.81 bits per heavy atom. The van der Waals surface area contributed by atoms with Gasteiger partial charge in [0.25, 0.3) is 0 Å². The molecule has 1 saturated heterocycles. The molecule has 1 fully saturated rings. The molecule has 3 heterocycles. The second-order valence-electron chi connectivity index (χ2n) is 6.93. The predicted octanol–water partition coefficient (Wildman–Crippen LogP) is 4.20. The van der Waals surface area contributed by atoms with Crippen LogP contribution in [0.5, 0.6) is 0 Å². The summed E-state index contributed by atoms with van der Waals surface area (Å²) in [5.74, 6) is 0.203. The Hall–Kier alpha value is -2.61. The summed E-state index contributed by atoms with van der Waals surface area (Å²) in [5, 5.41) is 14.1. The molecule has 0 saturated carbocycles. The highest BCUT2D eigenvalue weighted by Crippen LogP contribution is 2.36. The lowest BCUT2D eigenvalue weighted by atomic mass is 9.90. The highest BCUT2D eigenvalue weighted by atomic mass is 19.4. The predicted molar refractivity (Wildman–Crippen MR) is 94.9 cm³/mol. The van der Waals surface area contributed by atoms with E-state index in [2.05, 4.69) is 25.3 Å². The van der Waals surface area contributed by atoms with Crippen molar-refractivity contribution in [2.75, 3.05) is 13.1 Å². The first-order chi connectivity index (χ1) is 13.0. The molecule has 1 atom stereocenters. The number of likely N-dealkylation sites (tertiary alicyclic amines) is 1. The van der Waals surface area contributed by atoms with Gasteiger partial charge in [0.05, 0.1) is 11.8 Å². The van der Waals surface area contributed by atoms with Gasteiger partial charge in [0.1, 0.15) is 0 Å². The van der Waals surface area contributed by atoms with Crippen molar-refractivity contribution in [3.05, 3.63) is 59.7 Å². The summed E-state index contributed by atoms with van der Waals surface area (Å²) in [4.78, 5) is 2.33. The monoisotopic (exact) mass is 375 g/mol. The average Bonchev–Trinajstić information content (AvgIpc) is 3.33. The average molecular weight is 375 g/mol. The molecular formula is C19H20F3N5. The Kier molecular flexibility index (Phi) is 4.73. The van der Waals surface area contributed by atoms with Gasteiger partial charge >= 0.3 is 6.18 Å². The zero-order chi connectivity index (χ0) is 18.9. The zero-order valence-electron chi connectivity index (χ0n) is 14.6. The minimum Gasteiger partial charge on any atom is -0.297 e. The summed E-state index contributed by atoms with van der Waals surface area (Å²) in [5.41, 5.74) is 2.60. The van der Waals surface area contributed by atoms with E-state index in [0.717, 1.165) is 55.5 Å². The van der Waals surface area contributed by atoms with Gasteiger partial charge in [-0.25, -0.2) is 0 Å². The molecule has 0 aliphatic carbocycles. The molecule has 1 aromatic carbocycles. The number of alkyl halides is 3. The van der Waals surface area contributed by atoms with Crippen LogP contribution < -0.4 is 0 Å². The van der Waals surface area contributed by atoms with Gasteiger partial charge in [-0.05, 0) is 43.1 Å². The number of nitrogens with one attached hydrogen (secondary N) is 2. The van der Waals surface area contributed by atoms with Crippen LogP contribution >= 0.6 is 0 Å². The number of benzene rings is 1. The maximum Gasteiger partial charge on any atom is 0.416 e. The van der Waals surface area contributed by atoms with Crippen molar-refractivity contribution >= 4 is 0 Å². The lowest BCUT2D eigenvalue weighted by Crippen LogP contribution is -2.34. The van der Waals surface area contributed by atoms with E-state index in [1.165, 1.54) is 12.1 Å². The minimum atomic E-state index is -4.36. The van der Waals surface area contributed by atoms with E-state index in [1.807, 2.05) is 6.07 Å². The molecule has 0 bridgehead atoms. The Balaban J connectivity index is 1.56. The molecule has 4 rings (SSSR count). The van der Waals surface area contributed by atoms with E-state index in [4.69, 9.17) is 0 Å². The van der Waals surface area contributed by atoms with E-state index in [0.29, 0.717) is 5.56 Å². The Morgan fingerprint density at radius 1 is 1.15 bits per heavy atom. The fraction of sp³-hybridized carbons (Fsp3) is 0.368. The fourth-order valence-electron chi connectivity index (χ4n) is 3.75. The van der Waals surface area contributed by atoms with Crippen molar-refractivity contribution in [1.29, 1.82) is 0 Å². The molecule has 142 valence electrons. The lowest BCUT2D eigenvalue weighted by Gasteiger charge is -2.32. The number of hydrogen-bond acceptors (Lipinski definition) is 3. The maximum atomic E-state index is 13.1. The molecule has 5 nitrogen and oxygen atoms in total. The van der Waals surface area contributed by atoms with E-state index in [1.54, 1.807) is 18.5 Å². The number of halogens is 3. The molecule has 0 spiro atoms. The molecule has 2 N–H and O–H groups in total. The van der Waals surface area contributed by atoms with Gasteiger partial charge in [0.2, 0.25) is 0 Å². The molecule has 1 aliphatic heterocycles. The van der Waals surface area contributed by atoms with Crippen LogP contribution in [0, 0.1) is 0 Å². The number of hydrogen-bond donors (Lipinski definition) is 2. The van der Waals surface area contributed by atoms with Gasteiger partial charge in [0, 0.05) is 42.2 Å².